The van der Waals surface area contributed by atoms with Gasteiger partial charge in [-0.3, -0.25) is 0 Å². The SMILES string of the molecule is Cc1cn(CCc2cccc(F)c2)c(N)n1. The van der Waals surface area contributed by atoms with Gasteiger partial charge in [0.1, 0.15) is 5.82 Å². The molecule has 0 atom stereocenters. The summed E-state index contributed by atoms with van der Waals surface area (Å²) in [6, 6.07) is 6.61. The molecule has 0 aliphatic heterocycles. The van der Waals surface area contributed by atoms with Crippen LogP contribution < -0.4 is 5.73 Å². The maximum atomic E-state index is 12.9. The first-order valence-electron chi connectivity index (χ1n) is 5.19. The van der Waals surface area contributed by atoms with E-state index in [9.17, 15) is 4.39 Å². The number of aromatic nitrogens is 2. The van der Waals surface area contributed by atoms with Gasteiger partial charge in [-0.2, -0.15) is 0 Å². The van der Waals surface area contributed by atoms with E-state index in [-0.39, 0.29) is 5.82 Å². The van der Waals surface area contributed by atoms with Crippen molar-refractivity contribution in [1.82, 2.24) is 9.55 Å². The van der Waals surface area contributed by atoms with Gasteiger partial charge in [-0.25, -0.2) is 9.37 Å². The van der Waals surface area contributed by atoms with Crippen molar-refractivity contribution in [2.45, 2.75) is 19.9 Å². The molecule has 84 valence electrons. The van der Waals surface area contributed by atoms with E-state index in [1.165, 1.54) is 6.07 Å². The molecule has 0 amide bonds. The number of nitrogens with two attached hydrogens (primary N) is 1. The molecule has 0 saturated heterocycles. The average Bonchev–Trinajstić information content (AvgIpc) is 2.54. The lowest BCUT2D eigenvalue weighted by atomic mass is 10.1. The van der Waals surface area contributed by atoms with E-state index in [2.05, 4.69) is 4.98 Å². The molecule has 3 nitrogen and oxygen atoms in total. The van der Waals surface area contributed by atoms with Crippen molar-refractivity contribution in [3.05, 3.63) is 47.5 Å². The van der Waals surface area contributed by atoms with Gasteiger partial charge >= 0.3 is 0 Å². The van der Waals surface area contributed by atoms with Crippen LogP contribution in [-0.4, -0.2) is 9.55 Å². The third-order valence-corrected chi connectivity index (χ3v) is 2.46. The summed E-state index contributed by atoms with van der Waals surface area (Å²) in [5.41, 5.74) is 7.58. The number of nitrogen functional groups attached to an aromatic ring is 1. The van der Waals surface area contributed by atoms with Crippen LogP contribution in [0.15, 0.2) is 30.5 Å². The Bertz CT molecular complexity index is 491. The maximum absolute atomic E-state index is 12.9. The highest BCUT2D eigenvalue weighted by Gasteiger charge is 2.02. The Hall–Kier alpha value is -1.84. The van der Waals surface area contributed by atoms with Gasteiger partial charge in [-0.1, -0.05) is 12.1 Å². The number of hydrogen-bond donors (Lipinski definition) is 1. The Morgan fingerprint density at radius 2 is 2.25 bits per heavy atom. The zero-order chi connectivity index (χ0) is 11.5. The van der Waals surface area contributed by atoms with Crippen molar-refractivity contribution in [2.75, 3.05) is 5.73 Å². The van der Waals surface area contributed by atoms with Crippen LogP contribution in [0.3, 0.4) is 0 Å². The van der Waals surface area contributed by atoms with E-state index < -0.39 is 0 Å². The van der Waals surface area contributed by atoms with Gasteiger partial charge in [0.2, 0.25) is 0 Å². The van der Waals surface area contributed by atoms with Crippen LogP contribution in [0.4, 0.5) is 10.3 Å². The quantitative estimate of drug-likeness (QED) is 0.859. The predicted molar refractivity (Wildman–Crippen MR) is 61.5 cm³/mol. The molecule has 1 aromatic carbocycles. The van der Waals surface area contributed by atoms with Crippen molar-refractivity contribution in [3.8, 4) is 0 Å². The summed E-state index contributed by atoms with van der Waals surface area (Å²) in [7, 11) is 0. The third-order valence-electron chi connectivity index (χ3n) is 2.46. The van der Waals surface area contributed by atoms with E-state index in [0.29, 0.717) is 5.95 Å². The Kier molecular flexibility index (Phi) is 2.90. The third kappa shape index (κ3) is 2.39. The average molecular weight is 219 g/mol. The molecule has 2 aromatic rings. The van der Waals surface area contributed by atoms with Gasteiger partial charge in [0.25, 0.3) is 0 Å². The Balaban J connectivity index is 2.05. The van der Waals surface area contributed by atoms with E-state index in [1.54, 1.807) is 12.1 Å². The molecule has 4 heteroatoms. The van der Waals surface area contributed by atoms with Gasteiger partial charge in [-0.15, -0.1) is 0 Å². The molecular weight excluding hydrogens is 205 g/mol. The number of rotatable bonds is 3. The van der Waals surface area contributed by atoms with Gasteiger partial charge in [0.05, 0.1) is 5.69 Å². The topological polar surface area (TPSA) is 43.8 Å². The Labute approximate surface area is 93.7 Å². The number of nitrogens with zero attached hydrogens (tertiary/aromatic N) is 2. The lowest BCUT2D eigenvalue weighted by Crippen LogP contribution is -2.04. The summed E-state index contributed by atoms with van der Waals surface area (Å²) in [5, 5.41) is 0. The molecule has 0 radical (unpaired) electrons. The van der Waals surface area contributed by atoms with Crippen LogP contribution in [0.25, 0.3) is 0 Å². The molecule has 0 saturated carbocycles. The largest absolute Gasteiger partial charge is 0.369 e. The number of anilines is 1. The molecule has 2 N–H and O–H groups in total. The summed E-state index contributed by atoms with van der Waals surface area (Å²) in [5.74, 6) is 0.307. The van der Waals surface area contributed by atoms with Gasteiger partial charge < -0.3 is 10.3 Å². The second kappa shape index (κ2) is 4.35. The number of halogens is 1. The smallest absolute Gasteiger partial charge is 0.200 e. The Morgan fingerprint density at radius 3 is 2.88 bits per heavy atom. The van der Waals surface area contributed by atoms with Crippen LogP contribution in [0.5, 0.6) is 0 Å². The second-order valence-corrected chi connectivity index (χ2v) is 3.81. The molecule has 16 heavy (non-hydrogen) atoms. The number of aryl methyl sites for hydroxylation is 3. The molecule has 0 aliphatic rings. The van der Waals surface area contributed by atoms with Crippen molar-refractivity contribution in [1.29, 1.82) is 0 Å². The summed E-state index contributed by atoms with van der Waals surface area (Å²) < 4.78 is 14.8. The molecule has 1 heterocycles. The predicted octanol–water partition coefficient (Wildman–Crippen LogP) is 2.16. The lowest BCUT2D eigenvalue weighted by molar-refractivity contribution is 0.622. The number of benzene rings is 1. The van der Waals surface area contributed by atoms with Crippen LogP contribution >= 0.6 is 0 Å². The molecule has 2 rings (SSSR count). The minimum atomic E-state index is -0.202. The van der Waals surface area contributed by atoms with Gasteiger partial charge in [0, 0.05) is 12.7 Å². The van der Waals surface area contributed by atoms with Crippen molar-refractivity contribution >= 4 is 5.95 Å². The highest BCUT2D eigenvalue weighted by atomic mass is 19.1. The van der Waals surface area contributed by atoms with Crippen molar-refractivity contribution < 1.29 is 4.39 Å². The Morgan fingerprint density at radius 1 is 1.44 bits per heavy atom. The first kappa shape index (κ1) is 10.7. The zero-order valence-corrected chi connectivity index (χ0v) is 9.15. The van der Waals surface area contributed by atoms with E-state index >= 15 is 0 Å². The molecule has 0 bridgehead atoms. The number of hydrogen-bond acceptors (Lipinski definition) is 2. The fourth-order valence-electron chi connectivity index (χ4n) is 1.69. The van der Waals surface area contributed by atoms with E-state index in [4.69, 9.17) is 5.73 Å². The van der Waals surface area contributed by atoms with Crippen LogP contribution in [0, 0.1) is 12.7 Å². The summed E-state index contributed by atoms with van der Waals surface area (Å²) in [4.78, 5) is 4.11. The molecule has 1 aromatic heterocycles. The van der Waals surface area contributed by atoms with Crippen LogP contribution in [0.2, 0.25) is 0 Å². The minimum absolute atomic E-state index is 0.202. The van der Waals surface area contributed by atoms with Crippen LogP contribution in [0.1, 0.15) is 11.3 Å². The van der Waals surface area contributed by atoms with Gasteiger partial charge in [-0.05, 0) is 31.0 Å². The number of imidazole rings is 1. The highest BCUT2D eigenvalue weighted by molar-refractivity contribution is 5.22. The molecule has 0 fully saturated rings. The molecule has 0 unspecified atom stereocenters. The fraction of sp³-hybridized carbons (Fsp3) is 0.250. The van der Waals surface area contributed by atoms with Crippen LogP contribution in [-0.2, 0) is 13.0 Å². The van der Waals surface area contributed by atoms with Crippen molar-refractivity contribution in [3.63, 3.8) is 0 Å². The molecule has 0 spiro atoms. The summed E-state index contributed by atoms with van der Waals surface area (Å²) in [6.45, 7) is 2.62. The van der Waals surface area contributed by atoms with E-state index in [1.807, 2.05) is 23.8 Å². The first-order chi connectivity index (χ1) is 7.65. The van der Waals surface area contributed by atoms with Gasteiger partial charge in [0.15, 0.2) is 5.95 Å². The normalized spacial score (nSPS) is 10.6. The molecule has 0 aliphatic carbocycles. The summed E-state index contributed by atoms with van der Waals surface area (Å²) in [6.07, 6.45) is 2.65. The van der Waals surface area contributed by atoms with E-state index in [0.717, 1.165) is 24.2 Å². The zero-order valence-electron chi connectivity index (χ0n) is 9.15. The monoisotopic (exact) mass is 219 g/mol. The first-order valence-corrected chi connectivity index (χ1v) is 5.19. The molecular formula is C12H14FN3. The maximum Gasteiger partial charge on any atom is 0.200 e. The van der Waals surface area contributed by atoms with Crippen molar-refractivity contribution in [2.24, 2.45) is 0 Å². The summed E-state index contributed by atoms with van der Waals surface area (Å²) >= 11 is 0. The standard InChI is InChI=1S/C12H14FN3/c1-9-8-16(12(14)15-9)6-5-10-3-2-4-11(13)7-10/h2-4,7-8H,5-6H2,1H3,(H2,14,15). The highest BCUT2D eigenvalue weighted by Crippen LogP contribution is 2.08. The fourth-order valence-corrected chi connectivity index (χ4v) is 1.69. The lowest BCUT2D eigenvalue weighted by Gasteiger charge is -2.04. The second-order valence-electron chi connectivity index (χ2n) is 3.81. The minimum Gasteiger partial charge on any atom is -0.369 e.